The number of piperidine rings is 1. The Hall–Kier alpha value is -3.12. The van der Waals surface area contributed by atoms with Crippen molar-refractivity contribution >= 4 is 44.3 Å². The highest BCUT2D eigenvalue weighted by Gasteiger charge is 2.38. The number of fused-ring (bicyclic) bond motifs is 1. The lowest BCUT2D eigenvalue weighted by Crippen LogP contribution is -2.46. The van der Waals surface area contributed by atoms with Crippen molar-refractivity contribution in [3.63, 3.8) is 0 Å². The van der Waals surface area contributed by atoms with Gasteiger partial charge in [-0.15, -0.1) is 0 Å². The van der Waals surface area contributed by atoms with Crippen molar-refractivity contribution in [1.82, 2.24) is 20.0 Å². The number of alkyl halides is 3. The maximum atomic E-state index is 13.5. The van der Waals surface area contributed by atoms with E-state index in [0.717, 1.165) is 93.5 Å². The van der Waals surface area contributed by atoms with E-state index in [2.05, 4.69) is 54.3 Å². The van der Waals surface area contributed by atoms with Gasteiger partial charge in [-0.25, -0.2) is 0 Å². The van der Waals surface area contributed by atoms with Crippen LogP contribution >= 0.6 is 15.9 Å². The van der Waals surface area contributed by atoms with Crippen LogP contribution in [0.1, 0.15) is 68.5 Å². The van der Waals surface area contributed by atoms with Gasteiger partial charge in [-0.1, -0.05) is 22.0 Å². The van der Waals surface area contributed by atoms with E-state index in [4.69, 9.17) is 4.74 Å². The van der Waals surface area contributed by atoms with E-state index in [1.54, 1.807) is 6.07 Å². The van der Waals surface area contributed by atoms with E-state index in [1.807, 2.05) is 11.7 Å². The second-order valence-electron chi connectivity index (χ2n) is 12.6. The van der Waals surface area contributed by atoms with Crippen LogP contribution in [0.2, 0.25) is 0 Å². The standard InChI is InChI=1S/C33H39BrF3N5O3/c1-40-27-20-22(9-12-24(27)31(39-40)25-13-14-29(43)38-32(25)44)42-18-16-41(17-19-42)15-3-4-21-7-10-23(11-8-21)45-28-6-2-5-26(34)30(28)33(35,36)37/h2,5-6,9,12,20-21,23,25H,3-4,7-8,10-11,13-19H2,1H3,(H,38,43,44). The highest BCUT2D eigenvalue weighted by molar-refractivity contribution is 9.10. The molecule has 2 aromatic carbocycles. The molecule has 3 aliphatic rings. The van der Waals surface area contributed by atoms with Gasteiger partial charge in [-0.2, -0.15) is 18.3 Å². The molecule has 0 bridgehead atoms. The molecule has 0 radical (unpaired) electrons. The number of nitrogens with zero attached hydrogens (tertiary/aromatic N) is 4. The zero-order chi connectivity index (χ0) is 31.7. The second-order valence-corrected chi connectivity index (χ2v) is 13.4. The quantitative estimate of drug-likeness (QED) is 0.275. The third kappa shape index (κ3) is 7.16. The predicted molar refractivity (Wildman–Crippen MR) is 169 cm³/mol. The predicted octanol–water partition coefficient (Wildman–Crippen LogP) is 6.41. The van der Waals surface area contributed by atoms with E-state index < -0.39 is 17.7 Å². The van der Waals surface area contributed by atoms with E-state index in [1.165, 1.54) is 12.1 Å². The van der Waals surface area contributed by atoms with Crippen LogP contribution in [0.3, 0.4) is 0 Å². The number of rotatable bonds is 8. The number of amides is 2. The lowest BCUT2D eigenvalue weighted by Gasteiger charge is -2.36. The highest BCUT2D eigenvalue weighted by atomic mass is 79.9. The Morgan fingerprint density at radius 3 is 2.49 bits per heavy atom. The largest absolute Gasteiger partial charge is 0.490 e. The van der Waals surface area contributed by atoms with Crippen LogP contribution in [0.5, 0.6) is 5.75 Å². The first-order valence-corrected chi connectivity index (χ1v) is 16.7. The van der Waals surface area contributed by atoms with Crippen molar-refractivity contribution in [2.75, 3.05) is 37.6 Å². The molecule has 8 nitrogen and oxygen atoms in total. The van der Waals surface area contributed by atoms with Crippen molar-refractivity contribution in [1.29, 1.82) is 0 Å². The molecule has 6 rings (SSSR count). The minimum Gasteiger partial charge on any atom is -0.490 e. The molecule has 2 aliphatic heterocycles. The molecule has 3 aromatic rings. The van der Waals surface area contributed by atoms with Crippen LogP contribution in [0.25, 0.3) is 10.9 Å². The molecule has 3 fully saturated rings. The van der Waals surface area contributed by atoms with Crippen molar-refractivity contribution in [2.45, 2.75) is 69.6 Å². The van der Waals surface area contributed by atoms with Crippen LogP contribution in [0.15, 0.2) is 40.9 Å². The summed E-state index contributed by atoms with van der Waals surface area (Å²) in [4.78, 5) is 29.0. The molecule has 2 saturated heterocycles. The van der Waals surface area contributed by atoms with Crippen LogP contribution in [-0.2, 0) is 22.8 Å². The molecule has 2 amide bonds. The number of aryl methyl sites for hydroxylation is 1. The van der Waals surface area contributed by atoms with Gasteiger partial charge in [-0.3, -0.25) is 24.5 Å². The molecular formula is C33H39BrF3N5O3. The molecule has 242 valence electrons. The number of hydrogen-bond acceptors (Lipinski definition) is 6. The van der Waals surface area contributed by atoms with Crippen LogP contribution < -0.4 is 15.0 Å². The van der Waals surface area contributed by atoms with Crippen molar-refractivity contribution < 1.29 is 27.5 Å². The Balaban J connectivity index is 0.945. The fraction of sp³-hybridized carbons (Fsp3) is 0.545. The summed E-state index contributed by atoms with van der Waals surface area (Å²) < 4.78 is 48.3. The smallest absolute Gasteiger partial charge is 0.421 e. The molecular weight excluding hydrogens is 651 g/mol. The third-order valence-corrected chi connectivity index (χ3v) is 10.3. The van der Waals surface area contributed by atoms with Gasteiger partial charge in [0.2, 0.25) is 11.8 Å². The minimum absolute atomic E-state index is 0.0112. The molecule has 0 spiro atoms. The second kappa shape index (κ2) is 13.3. The SMILES string of the molecule is Cn1nc(C2CCC(=O)NC2=O)c2ccc(N3CCN(CCCC4CCC(Oc5cccc(Br)c5C(F)(F)F)CC4)CC3)cc21. The van der Waals surface area contributed by atoms with Gasteiger partial charge < -0.3 is 9.64 Å². The van der Waals surface area contributed by atoms with Crippen molar-refractivity contribution in [3.8, 4) is 5.75 Å². The maximum absolute atomic E-state index is 13.5. The lowest BCUT2D eigenvalue weighted by molar-refractivity contribution is -0.140. The summed E-state index contributed by atoms with van der Waals surface area (Å²) in [7, 11) is 1.89. The molecule has 1 unspecified atom stereocenters. The summed E-state index contributed by atoms with van der Waals surface area (Å²) in [5.74, 6) is -0.402. The zero-order valence-electron chi connectivity index (χ0n) is 25.4. The summed E-state index contributed by atoms with van der Waals surface area (Å²) in [5, 5.41) is 8.06. The first-order valence-electron chi connectivity index (χ1n) is 15.9. The molecule has 1 N–H and O–H groups in total. The van der Waals surface area contributed by atoms with Crippen LogP contribution in [0.4, 0.5) is 18.9 Å². The number of imide groups is 1. The number of carbonyl (C=O) groups excluding carboxylic acids is 2. The number of aromatic nitrogens is 2. The number of halogens is 4. The average Bonchev–Trinajstić information content (AvgIpc) is 3.33. The Morgan fingerprint density at radius 1 is 1.02 bits per heavy atom. The summed E-state index contributed by atoms with van der Waals surface area (Å²) in [6.07, 6.45) is 1.93. The lowest BCUT2D eigenvalue weighted by atomic mass is 9.84. The van der Waals surface area contributed by atoms with Gasteiger partial charge in [-0.05, 0) is 87.7 Å². The summed E-state index contributed by atoms with van der Waals surface area (Å²) in [6.45, 7) is 4.88. The highest BCUT2D eigenvalue weighted by Crippen LogP contribution is 2.42. The number of piperazine rings is 1. The number of hydrogen-bond donors (Lipinski definition) is 1. The Kier molecular flexibility index (Phi) is 9.42. The topological polar surface area (TPSA) is 79.7 Å². The first kappa shape index (κ1) is 31.8. The fourth-order valence-corrected chi connectivity index (χ4v) is 7.68. The number of ether oxygens (including phenoxy) is 1. The van der Waals surface area contributed by atoms with Crippen molar-refractivity contribution in [3.05, 3.63) is 52.1 Å². The van der Waals surface area contributed by atoms with Gasteiger partial charge in [0, 0.05) is 55.2 Å². The number of carbonyl (C=O) groups is 2. The summed E-state index contributed by atoms with van der Waals surface area (Å²) >= 11 is 3.03. The Bertz CT molecular complexity index is 1540. The van der Waals surface area contributed by atoms with Crippen molar-refractivity contribution in [2.24, 2.45) is 13.0 Å². The molecule has 1 aromatic heterocycles. The molecule has 1 aliphatic carbocycles. The Morgan fingerprint density at radius 2 is 1.78 bits per heavy atom. The van der Waals surface area contributed by atoms with E-state index in [0.29, 0.717) is 18.8 Å². The van der Waals surface area contributed by atoms with Crippen LogP contribution in [-0.4, -0.2) is 65.3 Å². The zero-order valence-corrected chi connectivity index (χ0v) is 27.0. The molecule has 1 atom stereocenters. The van der Waals surface area contributed by atoms with Gasteiger partial charge in [0.15, 0.2) is 0 Å². The summed E-state index contributed by atoms with van der Waals surface area (Å²) in [5.41, 5.74) is 2.12. The molecule has 45 heavy (non-hydrogen) atoms. The van der Waals surface area contributed by atoms with Gasteiger partial charge in [0.1, 0.15) is 11.3 Å². The minimum atomic E-state index is -4.46. The van der Waals surface area contributed by atoms with E-state index in [9.17, 15) is 22.8 Å². The number of anilines is 1. The van der Waals surface area contributed by atoms with E-state index in [-0.39, 0.29) is 28.1 Å². The normalized spacial score (nSPS) is 23.4. The van der Waals surface area contributed by atoms with Gasteiger partial charge >= 0.3 is 6.18 Å². The number of nitrogens with one attached hydrogen (secondary N) is 1. The Labute approximate surface area is 269 Å². The number of benzene rings is 2. The van der Waals surface area contributed by atoms with Gasteiger partial charge in [0.05, 0.1) is 23.2 Å². The van der Waals surface area contributed by atoms with Gasteiger partial charge in [0.25, 0.3) is 0 Å². The molecule has 12 heteroatoms. The van der Waals surface area contributed by atoms with E-state index >= 15 is 0 Å². The average molecular weight is 691 g/mol. The summed E-state index contributed by atoms with van der Waals surface area (Å²) in [6, 6.07) is 10.7. The molecule has 1 saturated carbocycles. The maximum Gasteiger partial charge on any atom is 0.421 e. The van der Waals surface area contributed by atoms with Crippen LogP contribution in [0, 0.1) is 5.92 Å². The molecule has 3 heterocycles. The third-order valence-electron chi connectivity index (χ3n) is 9.60. The first-order chi connectivity index (χ1) is 21.6. The fourth-order valence-electron chi connectivity index (χ4n) is 7.11. The monoisotopic (exact) mass is 689 g/mol.